The van der Waals surface area contributed by atoms with Crippen molar-refractivity contribution in [2.45, 2.75) is 13.2 Å². The Kier molecular flexibility index (Phi) is 3.06. The normalized spacial score (nSPS) is 11.3. The van der Waals surface area contributed by atoms with Crippen molar-refractivity contribution >= 4 is 31.5 Å². The molecule has 0 aliphatic heterocycles. The van der Waals surface area contributed by atoms with Crippen LogP contribution in [0.25, 0.3) is 20.2 Å². The van der Waals surface area contributed by atoms with Gasteiger partial charge in [-0.3, -0.25) is 4.79 Å². The second-order valence-electron chi connectivity index (χ2n) is 4.37. The summed E-state index contributed by atoms with van der Waals surface area (Å²) in [5, 5.41) is 19.9. The summed E-state index contributed by atoms with van der Waals surface area (Å²) in [6, 6.07) is 10.9. The van der Waals surface area contributed by atoms with Gasteiger partial charge >= 0.3 is 0 Å². The van der Waals surface area contributed by atoms with Gasteiger partial charge < -0.3 is 10.2 Å². The number of rotatable bonds is 2. The third kappa shape index (κ3) is 1.94. The first-order valence-corrected chi connectivity index (χ1v) is 6.75. The lowest BCUT2D eigenvalue weighted by molar-refractivity contribution is 0.276. The number of hydrogen-bond acceptors (Lipinski definition) is 4. The first kappa shape index (κ1) is 12.3. The standard InChI is InChI=1S/C15H12O3S/c16-7-9-5-10(8-17)14-13(6-9)19-12-4-2-1-3-11(12)15(14)18/h1-6,16-17H,7-8H2. The molecule has 3 nitrogen and oxygen atoms in total. The second kappa shape index (κ2) is 4.74. The van der Waals surface area contributed by atoms with E-state index in [0.29, 0.717) is 21.9 Å². The van der Waals surface area contributed by atoms with Crippen LogP contribution in [0.2, 0.25) is 0 Å². The summed E-state index contributed by atoms with van der Waals surface area (Å²) in [5.41, 5.74) is 1.23. The van der Waals surface area contributed by atoms with E-state index < -0.39 is 0 Å². The van der Waals surface area contributed by atoms with Crippen LogP contribution in [0.1, 0.15) is 11.1 Å². The molecule has 3 aromatic rings. The molecule has 0 aliphatic rings. The number of aliphatic hydroxyl groups is 2. The molecule has 0 unspecified atom stereocenters. The predicted molar refractivity (Wildman–Crippen MR) is 77.4 cm³/mol. The van der Waals surface area contributed by atoms with Gasteiger partial charge in [-0.1, -0.05) is 18.2 Å². The molecular formula is C15H12O3S. The van der Waals surface area contributed by atoms with Crippen molar-refractivity contribution in [2.24, 2.45) is 0 Å². The Morgan fingerprint density at radius 3 is 2.53 bits per heavy atom. The van der Waals surface area contributed by atoms with E-state index in [1.54, 1.807) is 12.1 Å². The van der Waals surface area contributed by atoms with Gasteiger partial charge in [0.2, 0.25) is 0 Å². The number of hydrogen-bond donors (Lipinski definition) is 2. The smallest absolute Gasteiger partial charge is 0.196 e. The van der Waals surface area contributed by atoms with Gasteiger partial charge in [-0.25, -0.2) is 0 Å². The minimum absolute atomic E-state index is 0.0575. The fraction of sp³-hybridized carbons (Fsp3) is 0.133. The van der Waals surface area contributed by atoms with Crippen LogP contribution in [0.15, 0.2) is 41.2 Å². The molecule has 2 aromatic carbocycles. The van der Waals surface area contributed by atoms with Crippen molar-refractivity contribution in [3.8, 4) is 0 Å². The average Bonchev–Trinajstić information content (AvgIpc) is 2.46. The zero-order valence-electron chi connectivity index (χ0n) is 10.1. The summed E-state index contributed by atoms with van der Waals surface area (Å²) < 4.78 is 1.72. The number of benzene rings is 2. The van der Waals surface area contributed by atoms with Gasteiger partial charge in [-0.05, 0) is 29.3 Å². The molecule has 3 rings (SSSR count). The Morgan fingerprint density at radius 2 is 1.79 bits per heavy atom. The van der Waals surface area contributed by atoms with Crippen LogP contribution >= 0.6 is 11.3 Å². The summed E-state index contributed by atoms with van der Waals surface area (Å²) in [4.78, 5) is 12.5. The third-order valence-electron chi connectivity index (χ3n) is 3.18. The minimum Gasteiger partial charge on any atom is -0.392 e. The van der Waals surface area contributed by atoms with E-state index in [1.807, 2.05) is 24.3 Å². The lowest BCUT2D eigenvalue weighted by atomic mass is 10.1. The lowest BCUT2D eigenvalue weighted by Crippen LogP contribution is -2.05. The van der Waals surface area contributed by atoms with Gasteiger partial charge in [0.25, 0.3) is 0 Å². The summed E-state index contributed by atoms with van der Waals surface area (Å²) in [6.07, 6.45) is 0. The summed E-state index contributed by atoms with van der Waals surface area (Å²) >= 11 is 1.50. The van der Waals surface area contributed by atoms with Gasteiger partial charge in [-0.2, -0.15) is 0 Å². The molecule has 19 heavy (non-hydrogen) atoms. The molecule has 0 bridgehead atoms. The highest BCUT2D eigenvalue weighted by Crippen LogP contribution is 2.28. The SMILES string of the molecule is O=c1c2ccccc2sc2cc(CO)cc(CO)c12. The fourth-order valence-corrected chi connectivity index (χ4v) is 3.48. The molecule has 0 saturated heterocycles. The number of fused-ring (bicyclic) bond motifs is 2. The molecule has 1 heterocycles. The summed E-state index contributed by atoms with van der Waals surface area (Å²) in [6.45, 7) is -0.304. The zero-order valence-corrected chi connectivity index (χ0v) is 10.9. The molecule has 2 N–H and O–H groups in total. The molecule has 96 valence electrons. The monoisotopic (exact) mass is 272 g/mol. The van der Waals surface area contributed by atoms with E-state index in [1.165, 1.54) is 11.3 Å². The fourth-order valence-electron chi connectivity index (χ4n) is 2.29. The van der Waals surface area contributed by atoms with E-state index in [9.17, 15) is 15.0 Å². The Bertz CT molecular complexity index is 821. The van der Waals surface area contributed by atoms with E-state index in [-0.39, 0.29) is 18.6 Å². The van der Waals surface area contributed by atoms with Crippen molar-refractivity contribution in [3.05, 3.63) is 57.7 Å². The molecule has 1 aromatic heterocycles. The summed E-state index contributed by atoms with van der Waals surface area (Å²) in [5.74, 6) is 0. The molecule has 0 spiro atoms. The van der Waals surface area contributed by atoms with Crippen LogP contribution in [-0.4, -0.2) is 10.2 Å². The quantitative estimate of drug-likeness (QED) is 0.704. The van der Waals surface area contributed by atoms with Crippen molar-refractivity contribution < 1.29 is 10.2 Å². The van der Waals surface area contributed by atoms with Crippen LogP contribution < -0.4 is 5.43 Å². The molecule has 0 saturated carbocycles. The summed E-state index contributed by atoms with van der Waals surface area (Å²) in [7, 11) is 0. The van der Waals surface area contributed by atoms with Crippen LogP contribution in [0.3, 0.4) is 0 Å². The largest absolute Gasteiger partial charge is 0.392 e. The van der Waals surface area contributed by atoms with Gasteiger partial charge in [0.1, 0.15) is 0 Å². The molecule has 0 radical (unpaired) electrons. The van der Waals surface area contributed by atoms with Crippen LogP contribution in [0.5, 0.6) is 0 Å². The van der Waals surface area contributed by atoms with E-state index in [0.717, 1.165) is 9.40 Å². The van der Waals surface area contributed by atoms with Gasteiger partial charge in [0.15, 0.2) is 5.43 Å². The maximum absolute atomic E-state index is 12.5. The molecule has 0 atom stereocenters. The van der Waals surface area contributed by atoms with Crippen LogP contribution in [0.4, 0.5) is 0 Å². The Morgan fingerprint density at radius 1 is 1.00 bits per heavy atom. The Hall–Kier alpha value is -1.75. The first-order valence-electron chi connectivity index (χ1n) is 5.93. The topological polar surface area (TPSA) is 57.5 Å². The molecule has 4 heteroatoms. The minimum atomic E-state index is -0.204. The van der Waals surface area contributed by atoms with Crippen molar-refractivity contribution in [2.75, 3.05) is 0 Å². The van der Waals surface area contributed by atoms with Gasteiger partial charge in [-0.15, -0.1) is 11.3 Å². The Labute approximate surface area is 113 Å². The van der Waals surface area contributed by atoms with E-state index in [4.69, 9.17) is 0 Å². The highest BCUT2D eigenvalue weighted by Gasteiger charge is 2.11. The van der Waals surface area contributed by atoms with Crippen molar-refractivity contribution in [1.82, 2.24) is 0 Å². The van der Waals surface area contributed by atoms with Crippen molar-refractivity contribution in [3.63, 3.8) is 0 Å². The lowest BCUT2D eigenvalue weighted by Gasteiger charge is -2.07. The third-order valence-corrected chi connectivity index (χ3v) is 4.29. The van der Waals surface area contributed by atoms with Gasteiger partial charge in [0, 0.05) is 20.2 Å². The maximum Gasteiger partial charge on any atom is 0.196 e. The first-order chi connectivity index (χ1) is 9.24. The Balaban J connectivity index is 2.54. The zero-order chi connectivity index (χ0) is 13.4. The van der Waals surface area contributed by atoms with Crippen LogP contribution in [-0.2, 0) is 13.2 Å². The number of aliphatic hydroxyl groups excluding tert-OH is 2. The predicted octanol–water partition coefficient (Wildman–Crippen LogP) is 2.40. The highest BCUT2D eigenvalue weighted by atomic mass is 32.1. The van der Waals surface area contributed by atoms with Crippen molar-refractivity contribution in [1.29, 1.82) is 0 Å². The molecule has 0 amide bonds. The van der Waals surface area contributed by atoms with Crippen LogP contribution in [0, 0.1) is 0 Å². The van der Waals surface area contributed by atoms with E-state index >= 15 is 0 Å². The average molecular weight is 272 g/mol. The molecule has 0 aliphatic carbocycles. The second-order valence-corrected chi connectivity index (χ2v) is 5.46. The molecule has 0 fully saturated rings. The maximum atomic E-state index is 12.5. The van der Waals surface area contributed by atoms with Gasteiger partial charge in [0.05, 0.1) is 13.2 Å². The molecular weight excluding hydrogens is 260 g/mol. The van der Waals surface area contributed by atoms with E-state index in [2.05, 4.69) is 0 Å². The highest BCUT2D eigenvalue weighted by molar-refractivity contribution is 7.24.